The predicted octanol–water partition coefficient (Wildman–Crippen LogP) is 2.42. The molecule has 140 valence electrons. The predicted molar refractivity (Wildman–Crippen MR) is 98.0 cm³/mol. The summed E-state index contributed by atoms with van der Waals surface area (Å²) in [4.78, 5) is 24.5. The van der Waals surface area contributed by atoms with Gasteiger partial charge in [0.2, 0.25) is 0 Å². The van der Waals surface area contributed by atoms with Crippen molar-refractivity contribution in [2.45, 2.75) is 6.04 Å². The van der Waals surface area contributed by atoms with E-state index in [1.165, 1.54) is 21.3 Å². The average Bonchev–Trinajstić information content (AvgIpc) is 3.01. The third kappa shape index (κ3) is 3.31. The van der Waals surface area contributed by atoms with Gasteiger partial charge in [-0.05, 0) is 42.5 Å². The number of nitrogens with one attached hydrogen (secondary N) is 1. The van der Waals surface area contributed by atoms with Crippen molar-refractivity contribution in [3.63, 3.8) is 0 Å². The van der Waals surface area contributed by atoms with Crippen LogP contribution in [0.5, 0.6) is 17.2 Å². The summed E-state index contributed by atoms with van der Waals surface area (Å²) in [6, 6.07) is 10.7. The van der Waals surface area contributed by atoms with Crippen molar-refractivity contribution >= 4 is 17.4 Å². The summed E-state index contributed by atoms with van der Waals surface area (Å²) in [6.45, 7) is 0. The fourth-order valence-corrected chi connectivity index (χ4v) is 2.97. The van der Waals surface area contributed by atoms with Crippen molar-refractivity contribution in [1.82, 2.24) is 5.32 Å². The number of carbonyl (C=O) groups excluding carboxylic acids is 2. The number of ether oxygens (including phenoxy) is 3. The molecule has 27 heavy (non-hydrogen) atoms. The first-order valence-electron chi connectivity index (χ1n) is 8.14. The Balaban J connectivity index is 2.14. The van der Waals surface area contributed by atoms with Crippen LogP contribution in [0.15, 0.2) is 48.0 Å². The number of ketones is 1. The molecule has 1 atom stereocenters. The monoisotopic (exact) mass is 369 g/mol. The van der Waals surface area contributed by atoms with E-state index in [9.17, 15) is 14.7 Å². The van der Waals surface area contributed by atoms with E-state index in [2.05, 4.69) is 5.32 Å². The van der Waals surface area contributed by atoms with Crippen LogP contribution < -0.4 is 19.5 Å². The molecule has 1 aliphatic rings. The van der Waals surface area contributed by atoms with Crippen molar-refractivity contribution in [3.05, 3.63) is 59.2 Å². The molecule has 1 aliphatic heterocycles. The van der Waals surface area contributed by atoms with Gasteiger partial charge in [0.05, 0.1) is 32.9 Å². The molecule has 0 aliphatic carbocycles. The second-order valence-corrected chi connectivity index (χ2v) is 5.83. The molecule has 0 aromatic heterocycles. The Morgan fingerprint density at radius 3 is 2.15 bits per heavy atom. The summed E-state index contributed by atoms with van der Waals surface area (Å²) >= 11 is 0. The molecule has 2 aromatic rings. The quantitative estimate of drug-likeness (QED) is 0.478. The van der Waals surface area contributed by atoms with E-state index in [1.807, 2.05) is 0 Å². The van der Waals surface area contributed by atoms with Crippen LogP contribution in [0.4, 0.5) is 0 Å². The van der Waals surface area contributed by atoms with Crippen LogP contribution in [0.1, 0.15) is 17.2 Å². The molecule has 0 saturated carbocycles. The standard InChI is InChI=1S/C20H19NO6/c1-25-12-6-4-11(5-7-12)18(22)16-17(21-20(24)19(16)23)14-10-13(26-2)8-9-15(14)27-3/h4-10,17,22H,1-3H3,(H,21,24). The van der Waals surface area contributed by atoms with E-state index >= 15 is 0 Å². The molecule has 1 heterocycles. The first-order valence-corrected chi connectivity index (χ1v) is 8.14. The van der Waals surface area contributed by atoms with Crippen LogP contribution in [0.3, 0.4) is 0 Å². The number of aliphatic hydroxyl groups is 1. The van der Waals surface area contributed by atoms with Gasteiger partial charge in [-0.25, -0.2) is 0 Å². The van der Waals surface area contributed by atoms with Gasteiger partial charge >= 0.3 is 0 Å². The van der Waals surface area contributed by atoms with E-state index in [4.69, 9.17) is 14.2 Å². The van der Waals surface area contributed by atoms with Gasteiger partial charge in [-0.15, -0.1) is 0 Å². The number of amides is 1. The summed E-state index contributed by atoms with van der Waals surface area (Å²) in [7, 11) is 4.52. The zero-order valence-corrected chi connectivity index (χ0v) is 15.1. The molecule has 0 bridgehead atoms. The molecule has 1 amide bonds. The second kappa shape index (κ2) is 7.41. The first-order chi connectivity index (χ1) is 13.0. The van der Waals surface area contributed by atoms with Gasteiger partial charge in [0.25, 0.3) is 11.7 Å². The minimum atomic E-state index is -0.864. The topological polar surface area (TPSA) is 94.1 Å². The minimum absolute atomic E-state index is 0.0447. The number of aliphatic hydroxyl groups excluding tert-OH is 1. The largest absolute Gasteiger partial charge is 0.507 e. The van der Waals surface area contributed by atoms with E-state index in [-0.39, 0.29) is 11.3 Å². The van der Waals surface area contributed by atoms with Crippen molar-refractivity contribution in [1.29, 1.82) is 0 Å². The summed E-state index contributed by atoms with van der Waals surface area (Å²) in [6.07, 6.45) is 0. The number of rotatable bonds is 5. The maximum Gasteiger partial charge on any atom is 0.293 e. The Hall–Kier alpha value is -3.48. The lowest BCUT2D eigenvalue weighted by atomic mass is 9.95. The van der Waals surface area contributed by atoms with Crippen LogP contribution in [-0.2, 0) is 9.59 Å². The third-order valence-electron chi connectivity index (χ3n) is 4.38. The van der Waals surface area contributed by atoms with E-state index in [0.29, 0.717) is 28.4 Å². The molecule has 7 heteroatoms. The lowest BCUT2D eigenvalue weighted by Gasteiger charge is -2.18. The fourth-order valence-electron chi connectivity index (χ4n) is 2.97. The van der Waals surface area contributed by atoms with Crippen molar-refractivity contribution in [2.24, 2.45) is 0 Å². The van der Waals surface area contributed by atoms with E-state index in [0.717, 1.165) is 0 Å². The molecule has 1 saturated heterocycles. The van der Waals surface area contributed by atoms with E-state index in [1.54, 1.807) is 42.5 Å². The van der Waals surface area contributed by atoms with Crippen LogP contribution in [0.2, 0.25) is 0 Å². The van der Waals surface area contributed by atoms with Crippen LogP contribution in [-0.4, -0.2) is 38.1 Å². The average molecular weight is 369 g/mol. The molecule has 2 N–H and O–H groups in total. The van der Waals surface area contributed by atoms with Gasteiger partial charge in [-0.2, -0.15) is 0 Å². The summed E-state index contributed by atoms with van der Waals surface area (Å²) in [5.41, 5.74) is 0.852. The molecule has 2 aromatic carbocycles. The second-order valence-electron chi connectivity index (χ2n) is 5.83. The highest BCUT2D eigenvalue weighted by Gasteiger charge is 2.41. The molecule has 1 fully saturated rings. The lowest BCUT2D eigenvalue weighted by Crippen LogP contribution is -2.21. The summed E-state index contributed by atoms with van der Waals surface area (Å²) < 4.78 is 15.7. The number of carbonyl (C=O) groups is 2. The highest BCUT2D eigenvalue weighted by molar-refractivity contribution is 6.46. The zero-order chi connectivity index (χ0) is 19.6. The SMILES string of the molecule is COc1ccc(C(O)=C2C(=O)C(=O)NC2c2cc(OC)ccc2OC)cc1. The number of hydrogen-bond acceptors (Lipinski definition) is 6. The summed E-state index contributed by atoms with van der Waals surface area (Å²) in [5.74, 6) is -0.276. The fraction of sp³-hybridized carbons (Fsp3) is 0.200. The Morgan fingerprint density at radius 2 is 1.56 bits per heavy atom. The number of hydrogen-bond donors (Lipinski definition) is 2. The molecule has 0 radical (unpaired) electrons. The third-order valence-corrected chi connectivity index (χ3v) is 4.38. The maximum absolute atomic E-state index is 12.5. The van der Waals surface area contributed by atoms with Crippen molar-refractivity contribution < 1.29 is 28.9 Å². The van der Waals surface area contributed by atoms with Gasteiger partial charge < -0.3 is 24.6 Å². The van der Waals surface area contributed by atoms with Crippen molar-refractivity contribution in [2.75, 3.05) is 21.3 Å². The maximum atomic E-state index is 12.5. The number of benzene rings is 2. The van der Waals surface area contributed by atoms with Gasteiger partial charge in [0, 0.05) is 11.1 Å². The van der Waals surface area contributed by atoms with Crippen LogP contribution >= 0.6 is 0 Å². The smallest absolute Gasteiger partial charge is 0.293 e. The van der Waals surface area contributed by atoms with Gasteiger partial charge in [-0.1, -0.05) is 0 Å². The molecule has 0 spiro atoms. The van der Waals surface area contributed by atoms with Crippen LogP contribution in [0.25, 0.3) is 5.76 Å². The Labute approximate surface area is 156 Å². The first kappa shape index (κ1) is 18.3. The zero-order valence-electron chi connectivity index (χ0n) is 15.1. The molecular weight excluding hydrogens is 350 g/mol. The Bertz CT molecular complexity index is 917. The molecule has 3 rings (SSSR count). The van der Waals surface area contributed by atoms with E-state index < -0.39 is 17.7 Å². The highest BCUT2D eigenvalue weighted by atomic mass is 16.5. The number of Topliss-reactive ketones (excluding diaryl/α,β-unsaturated/α-hetero) is 1. The summed E-state index contributed by atoms with van der Waals surface area (Å²) in [5, 5.41) is 13.4. The van der Waals surface area contributed by atoms with Gasteiger partial charge in [-0.3, -0.25) is 9.59 Å². The normalized spacial score (nSPS) is 18.1. The molecular formula is C20H19NO6. The van der Waals surface area contributed by atoms with Gasteiger partial charge in [0.15, 0.2) is 0 Å². The highest BCUT2D eigenvalue weighted by Crippen LogP contribution is 2.38. The van der Waals surface area contributed by atoms with Crippen molar-refractivity contribution in [3.8, 4) is 17.2 Å². The minimum Gasteiger partial charge on any atom is -0.507 e. The Kier molecular flexibility index (Phi) is 5.03. The molecule has 1 unspecified atom stereocenters. The van der Waals surface area contributed by atoms with Gasteiger partial charge in [0.1, 0.15) is 23.0 Å². The number of methoxy groups -OCH3 is 3. The Morgan fingerprint density at radius 1 is 0.926 bits per heavy atom. The molecule has 7 nitrogen and oxygen atoms in total. The van der Waals surface area contributed by atoms with Crippen LogP contribution in [0, 0.1) is 0 Å². The lowest BCUT2D eigenvalue weighted by molar-refractivity contribution is -0.133.